The van der Waals surface area contributed by atoms with Crippen LogP contribution in [0.5, 0.6) is 0 Å². The van der Waals surface area contributed by atoms with Crippen LogP contribution in [0, 0.1) is 0 Å². The Kier molecular flexibility index (Phi) is 7.50. The number of nitrogens with one attached hydrogen (secondary N) is 1. The summed E-state index contributed by atoms with van der Waals surface area (Å²) in [5.74, 6) is -1.87. The Morgan fingerprint density at radius 3 is 1.69 bits per heavy atom. The summed E-state index contributed by atoms with van der Waals surface area (Å²) in [5, 5.41) is 2.78. The van der Waals surface area contributed by atoms with Gasteiger partial charge in [0.05, 0.1) is 16.8 Å². The van der Waals surface area contributed by atoms with Crippen molar-refractivity contribution in [1.82, 2.24) is 0 Å². The van der Waals surface area contributed by atoms with Crippen molar-refractivity contribution in [1.29, 1.82) is 0 Å². The van der Waals surface area contributed by atoms with E-state index in [2.05, 4.69) is 5.32 Å². The van der Waals surface area contributed by atoms with E-state index in [1.807, 2.05) is 6.07 Å². The Balaban J connectivity index is 0.000000194. The van der Waals surface area contributed by atoms with Crippen LogP contribution in [-0.2, 0) is 39.6 Å². The molecule has 4 aromatic rings. The van der Waals surface area contributed by atoms with Gasteiger partial charge in [-0.25, -0.2) is 0 Å². The average Bonchev–Trinajstić information content (AvgIpc) is 3.03. The molecule has 2 heterocycles. The van der Waals surface area contributed by atoms with Gasteiger partial charge in [0, 0.05) is 29.5 Å². The Bertz CT molecular complexity index is 1870. The fourth-order valence-electron chi connectivity index (χ4n) is 5.16. The van der Waals surface area contributed by atoms with E-state index in [1.165, 1.54) is 30.3 Å². The lowest BCUT2D eigenvalue weighted by Gasteiger charge is -2.27. The number of carbonyl (C=O) groups excluding carboxylic acids is 3. The Hall–Kier alpha value is -4.93. The van der Waals surface area contributed by atoms with Gasteiger partial charge < -0.3 is 5.32 Å². The largest absolute Gasteiger partial charge is 0.416 e. The zero-order valence-corrected chi connectivity index (χ0v) is 23.4. The number of alkyl halides is 6. The van der Waals surface area contributed by atoms with E-state index < -0.39 is 42.1 Å². The minimum Gasteiger partial charge on any atom is -0.326 e. The van der Waals surface area contributed by atoms with Crippen molar-refractivity contribution in [3.63, 3.8) is 0 Å². The minimum atomic E-state index is -4.43. The fraction of sp³-hybridized carbons (Fsp3) is 0.206. The first-order chi connectivity index (χ1) is 22.4. The molecule has 0 saturated carbocycles. The third-order valence-electron chi connectivity index (χ3n) is 7.47. The maximum atomic E-state index is 12.7. The van der Waals surface area contributed by atoms with E-state index in [0.717, 1.165) is 46.6 Å². The van der Waals surface area contributed by atoms with Crippen molar-refractivity contribution < 1.29 is 44.8 Å². The number of imide groups is 1. The van der Waals surface area contributed by atoms with Crippen molar-refractivity contribution in [3.8, 4) is 22.3 Å². The Morgan fingerprint density at radius 2 is 1.16 bits per heavy atom. The van der Waals surface area contributed by atoms with E-state index in [9.17, 15) is 40.7 Å². The molecule has 11 heteroatoms. The molecule has 0 saturated heterocycles. The van der Waals surface area contributed by atoms with Gasteiger partial charge in [-0.05, 0) is 94.8 Å². The molecule has 0 atom stereocenters. The molecule has 2 aliphatic heterocycles. The molecule has 232 valence electrons. The first-order valence-electron chi connectivity index (χ1n) is 15.2. The molecule has 45 heavy (non-hydrogen) atoms. The predicted molar refractivity (Wildman–Crippen MR) is 157 cm³/mol. The molecule has 3 amide bonds. The lowest BCUT2D eigenvalue weighted by atomic mass is 9.95. The SMILES string of the molecule is O=C1CCc2cc(-c3ccc(C(F)(F)F)cc3)ccc2N1.[2H]C([2H])([2H])C(=O)N1C(=O)CCc2cc(-c3ccc(C(F)(F)F)cc3)ccc21. The standard InChI is InChI=1S/C18H14F3NO2.C16H12F3NO/c1-11(23)22-16-8-4-13(10-14(16)5-9-17(22)24)12-2-6-15(7-3-12)18(19,20)21;17-16(18,19)13-5-1-10(2-6-13)11-3-7-14-12(9-11)4-8-15(21)20-14/h2-4,6-8,10H,5,9H2,1H3;1-3,5-7,9H,4,8H2,(H,20,21)/i1D3;. The Morgan fingerprint density at radius 1 is 0.667 bits per heavy atom. The van der Waals surface area contributed by atoms with Gasteiger partial charge in [0.15, 0.2) is 0 Å². The summed E-state index contributed by atoms with van der Waals surface area (Å²) in [4.78, 5) is 36.2. The highest BCUT2D eigenvalue weighted by Gasteiger charge is 2.31. The molecule has 0 bridgehead atoms. The zero-order valence-electron chi connectivity index (χ0n) is 26.4. The maximum absolute atomic E-state index is 12.7. The molecular formula is C34H26F6N2O3. The van der Waals surface area contributed by atoms with Gasteiger partial charge in [-0.3, -0.25) is 19.3 Å². The number of benzene rings is 4. The first-order valence-corrected chi connectivity index (χ1v) is 13.7. The van der Waals surface area contributed by atoms with Crippen molar-refractivity contribution in [2.45, 2.75) is 44.9 Å². The van der Waals surface area contributed by atoms with E-state index in [1.54, 1.807) is 24.3 Å². The molecule has 0 unspecified atom stereocenters. The van der Waals surface area contributed by atoms with Gasteiger partial charge in [-0.1, -0.05) is 36.4 Å². The lowest BCUT2D eigenvalue weighted by Crippen LogP contribution is -2.38. The van der Waals surface area contributed by atoms with Crippen LogP contribution >= 0.6 is 0 Å². The van der Waals surface area contributed by atoms with Crippen LogP contribution in [0.15, 0.2) is 84.9 Å². The molecule has 0 aliphatic carbocycles. The number of carbonyl (C=O) groups is 3. The number of amides is 3. The quantitative estimate of drug-likeness (QED) is 0.227. The lowest BCUT2D eigenvalue weighted by molar-refractivity contribution is -0.138. The molecule has 0 spiro atoms. The second-order valence-electron chi connectivity index (χ2n) is 10.4. The third-order valence-corrected chi connectivity index (χ3v) is 7.47. The number of hydrogen-bond donors (Lipinski definition) is 1. The molecule has 5 nitrogen and oxygen atoms in total. The third kappa shape index (κ3) is 7.08. The highest BCUT2D eigenvalue weighted by molar-refractivity contribution is 6.15. The zero-order chi connectivity index (χ0) is 35.0. The van der Waals surface area contributed by atoms with Crippen molar-refractivity contribution in [2.75, 3.05) is 10.2 Å². The predicted octanol–water partition coefficient (Wildman–Crippen LogP) is 8.46. The normalized spacial score (nSPS) is 15.8. The average molecular weight is 628 g/mol. The number of fused-ring (bicyclic) bond motifs is 2. The number of rotatable bonds is 2. The topological polar surface area (TPSA) is 66.5 Å². The maximum Gasteiger partial charge on any atom is 0.416 e. The van der Waals surface area contributed by atoms with Crippen molar-refractivity contribution in [3.05, 3.63) is 107 Å². The van der Waals surface area contributed by atoms with Crippen molar-refractivity contribution >= 4 is 29.1 Å². The van der Waals surface area contributed by atoms with Crippen LogP contribution in [0.1, 0.15) is 46.1 Å². The van der Waals surface area contributed by atoms with Crippen LogP contribution in [0.25, 0.3) is 22.3 Å². The van der Waals surface area contributed by atoms with Gasteiger partial charge in [0.25, 0.3) is 0 Å². The van der Waals surface area contributed by atoms with Crippen molar-refractivity contribution in [2.24, 2.45) is 0 Å². The molecule has 4 aromatic carbocycles. The van der Waals surface area contributed by atoms with Gasteiger partial charge in [0.2, 0.25) is 17.7 Å². The summed E-state index contributed by atoms with van der Waals surface area (Å²) in [6.07, 6.45) is -7.37. The molecule has 2 aliphatic rings. The highest BCUT2D eigenvalue weighted by atomic mass is 19.4. The second kappa shape index (κ2) is 12.2. The van der Waals surface area contributed by atoms with Gasteiger partial charge in [-0.15, -0.1) is 0 Å². The fourth-order valence-corrected chi connectivity index (χ4v) is 5.16. The minimum absolute atomic E-state index is 0.00946. The van der Waals surface area contributed by atoms with E-state index >= 15 is 0 Å². The van der Waals surface area contributed by atoms with E-state index in [0.29, 0.717) is 40.9 Å². The van der Waals surface area contributed by atoms with Crippen LogP contribution in [0.2, 0.25) is 0 Å². The molecule has 6 rings (SSSR count). The number of anilines is 2. The number of halogens is 6. The van der Waals surface area contributed by atoms with Gasteiger partial charge in [0.1, 0.15) is 0 Å². The van der Waals surface area contributed by atoms with E-state index in [4.69, 9.17) is 4.11 Å². The second-order valence-corrected chi connectivity index (χ2v) is 10.4. The van der Waals surface area contributed by atoms with Crippen LogP contribution in [0.4, 0.5) is 37.7 Å². The molecule has 0 fully saturated rings. The highest BCUT2D eigenvalue weighted by Crippen LogP contribution is 2.35. The summed E-state index contributed by atoms with van der Waals surface area (Å²) in [6.45, 7) is -2.95. The molecular weight excluding hydrogens is 598 g/mol. The van der Waals surface area contributed by atoms with Crippen LogP contribution < -0.4 is 10.2 Å². The summed E-state index contributed by atoms with van der Waals surface area (Å²) >= 11 is 0. The summed E-state index contributed by atoms with van der Waals surface area (Å²) in [7, 11) is 0. The molecule has 0 radical (unpaired) electrons. The van der Waals surface area contributed by atoms with E-state index in [-0.39, 0.29) is 18.0 Å². The Labute approximate surface area is 258 Å². The molecule has 1 N–H and O–H groups in total. The summed E-state index contributed by atoms with van der Waals surface area (Å²) < 4.78 is 97.4. The summed E-state index contributed by atoms with van der Waals surface area (Å²) in [5.41, 5.74) is 3.87. The number of hydrogen-bond acceptors (Lipinski definition) is 3. The smallest absolute Gasteiger partial charge is 0.326 e. The van der Waals surface area contributed by atoms with Gasteiger partial charge >= 0.3 is 12.4 Å². The van der Waals surface area contributed by atoms with Crippen LogP contribution in [0.3, 0.4) is 0 Å². The van der Waals surface area contributed by atoms with Gasteiger partial charge in [-0.2, -0.15) is 26.3 Å². The number of nitrogens with zero attached hydrogens (tertiary/aromatic N) is 1. The first kappa shape index (κ1) is 27.6. The summed E-state index contributed by atoms with van der Waals surface area (Å²) in [6, 6.07) is 19.9. The monoisotopic (exact) mass is 627 g/mol. The van der Waals surface area contributed by atoms with Crippen LogP contribution in [-0.4, -0.2) is 17.7 Å². The number of aryl methyl sites for hydroxylation is 2. The molecule has 0 aromatic heterocycles.